The van der Waals surface area contributed by atoms with Crippen LogP contribution in [-0.4, -0.2) is 30.7 Å². The Morgan fingerprint density at radius 1 is 1.12 bits per heavy atom. The lowest BCUT2D eigenvalue weighted by atomic mass is 10.1. The van der Waals surface area contributed by atoms with Crippen LogP contribution in [0.1, 0.15) is 23.1 Å². The van der Waals surface area contributed by atoms with Gasteiger partial charge in [0.05, 0.1) is 6.54 Å². The zero-order chi connectivity index (χ0) is 16.9. The molecule has 0 atom stereocenters. The molecule has 1 amide bonds. The maximum absolute atomic E-state index is 12.3. The number of benzene rings is 2. The second-order valence-electron chi connectivity index (χ2n) is 6.41. The minimum Gasteiger partial charge on any atom is -0.325 e. The van der Waals surface area contributed by atoms with E-state index in [1.54, 1.807) is 11.8 Å². The van der Waals surface area contributed by atoms with Gasteiger partial charge in [0, 0.05) is 17.1 Å². The van der Waals surface area contributed by atoms with Crippen LogP contribution in [0.5, 0.6) is 0 Å². The highest BCUT2D eigenvalue weighted by Gasteiger charge is 2.12. The largest absolute Gasteiger partial charge is 0.325 e. The van der Waals surface area contributed by atoms with Crippen molar-refractivity contribution in [2.75, 3.05) is 25.2 Å². The molecule has 0 bridgehead atoms. The predicted molar refractivity (Wildman–Crippen MR) is 102 cm³/mol. The molecule has 4 heteroatoms. The number of carbonyl (C=O) groups is 1. The summed E-state index contributed by atoms with van der Waals surface area (Å²) in [6, 6.07) is 14.8. The van der Waals surface area contributed by atoms with Crippen LogP contribution in [0, 0.1) is 0 Å². The molecule has 0 spiro atoms. The van der Waals surface area contributed by atoms with Gasteiger partial charge in [0.2, 0.25) is 5.91 Å². The number of nitrogens with zero attached hydrogens (tertiary/aromatic N) is 1. The third-order valence-electron chi connectivity index (χ3n) is 4.41. The summed E-state index contributed by atoms with van der Waals surface area (Å²) in [5.74, 6) is 0.0381. The van der Waals surface area contributed by atoms with E-state index in [0.29, 0.717) is 6.54 Å². The van der Waals surface area contributed by atoms with Crippen LogP contribution in [0.15, 0.2) is 47.4 Å². The number of amides is 1. The van der Waals surface area contributed by atoms with Crippen LogP contribution in [0.4, 0.5) is 5.69 Å². The summed E-state index contributed by atoms with van der Waals surface area (Å²) < 4.78 is 0. The minimum atomic E-state index is 0.0381. The monoisotopic (exact) mass is 340 g/mol. The number of anilines is 1. The molecule has 24 heavy (non-hydrogen) atoms. The molecule has 3 rings (SSSR count). The molecular weight excluding hydrogens is 316 g/mol. The van der Waals surface area contributed by atoms with Gasteiger partial charge in [-0.25, -0.2) is 0 Å². The lowest BCUT2D eigenvalue weighted by molar-refractivity contribution is -0.117. The number of thioether (sulfide) groups is 1. The summed E-state index contributed by atoms with van der Waals surface area (Å²) in [5.41, 5.74) is 4.95. The molecule has 2 aromatic rings. The third kappa shape index (κ3) is 4.40. The Kier molecular flexibility index (Phi) is 5.59. The van der Waals surface area contributed by atoms with E-state index < -0.39 is 0 Å². The molecule has 3 nitrogen and oxygen atoms in total. The summed E-state index contributed by atoms with van der Waals surface area (Å²) in [5, 5.41) is 3.02. The second kappa shape index (κ2) is 7.86. The summed E-state index contributed by atoms with van der Waals surface area (Å²) in [7, 11) is 1.98. The van der Waals surface area contributed by atoms with Gasteiger partial charge in [0.1, 0.15) is 0 Å². The lowest BCUT2D eigenvalue weighted by Crippen LogP contribution is -2.29. The average Bonchev–Trinajstić information content (AvgIpc) is 3.03. The molecule has 0 saturated heterocycles. The lowest BCUT2D eigenvalue weighted by Gasteiger charge is -2.17. The average molecular weight is 340 g/mol. The van der Waals surface area contributed by atoms with Crippen molar-refractivity contribution in [2.45, 2.75) is 30.7 Å². The Hall–Kier alpha value is -1.78. The number of aryl methyl sites for hydroxylation is 2. The number of rotatable bonds is 6. The molecule has 1 N–H and O–H groups in total. The Balaban J connectivity index is 1.52. The maximum atomic E-state index is 12.3. The van der Waals surface area contributed by atoms with Crippen molar-refractivity contribution in [2.24, 2.45) is 0 Å². The molecule has 0 aliphatic heterocycles. The molecule has 0 radical (unpaired) electrons. The van der Waals surface area contributed by atoms with E-state index in [2.05, 4.69) is 48.0 Å². The van der Waals surface area contributed by atoms with Gasteiger partial charge in [-0.1, -0.05) is 18.2 Å². The summed E-state index contributed by atoms with van der Waals surface area (Å²) in [6.07, 6.45) is 5.60. The Morgan fingerprint density at radius 2 is 1.88 bits per heavy atom. The van der Waals surface area contributed by atoms with Crippen LogP contribution in [-0.2, 0) is 24.2 Å². The van der Waals surface area contributed by atoms with E-state index in [1.165, 1.54) is 34.4 Å². The van der Waals surface area contributed by atoms with Crippen molar-refractivity contribution in [3.05, 3.63) is 59.2 Å². The highest BCUT2D eigenvalue weighted by atomic mass is 32.2. The quantitative estimate of drug-likeness (QED) is 0.808. The molecule has 0 saturated carbocycles. The Bertz CT molecular complexity index is 712. The zero-order valence-electron chi connectivity index (χ0n) is 14.3. The summed E-state index contributed by atoms with van der Waals surface area (Å²) in [4.78, 5) is 15.6. The van der Waals surface area contributed by atoms with Crippen LogP contribution in [0.25, 0.3) is 0 Å². The fraction of sp³-hybridized carbons (Fsp3) is 0.350. The fourth-order valence-electron chi connectivity index (χ4n) is 3.19. The van der Waals surface area contributed by atoms with Crippen molar-refractivity contribution < 1.29 is 4.79 Å². The first-order valence-corrected chi connectivity index (χ1v) is 9.59. The van der Waals surface area contributed by atoms with E-state index in [0.717, 1.165) is 18.7 Å². The minimum absolute atomic E-state index is 0.0381. The first kappa shape index (κ1) is 17.1. The van der Waals surface area contributed by atoms with Gasteiger partial charge in [-0.15, -0.1) is 11.8 Å². The highest BCUT2D eigenvalue weighted by molar-refractivity contribution is 7.98. The number of hydrogen-bond donors (Lipinski definition) is 1. The standard InChI is InChI=1S/C20H24N2OS/c1-22(13-15-6-10-19(24-2)11-7-15)14-20(23)21-18-9-8-16-4-3-5-17(16)12-18/h6-12H,3-5,13-14H2,1-2H3,(H,21,23). The molecular formula is C20H24N2OS. The van der Waals surface area contributed by atoms with Crippen LogP contribution < -0.4 is 5.32 Å². The van der Waals surface area contributed by atoms with E-state index in [-0.39, 0.29) is 5.91 Å². The van der Waals surface area contributed by atoms with Crippen molar-refractivity contribution in [3.8, 4) is 0 Å². The molecule has 0 unspecified atom stereocenters. The molecule has 0 aromatic heterocycles. The van der Waals surface area contributed by atoms with Gasteiger partial charge in [-0.3, -0.25) is 9.69 Å². The zero-order valence-corrected chi connectivity index (χ0v) is 15.2. The molecule has 0 fully saturated rings. The normalized spacial score (nSPS) is 13.1. The smallest absolute Gasteiger partial charge is 0.238 e. The van der Waals surface area contributed by atoms with Crippen molar-refractivity contribution in [1.29, 1.82) is 0 Å². The van der Waals surface area contributed by atoms with Gasteiger partial charge in [-0.05, 0) is 73.5 Å². The summed E-state index contributed by atoms with van der Waals surface area (Å²) >= 11 is 1.74. The van der Waals surface area contributed by atoms with E-state index in [1.807, 2.05) is 18.0 Å². The number of fused-ring (bicyclic) bond motifs is 1. The number of nitrogens with one attached hydrogen (secondary N) is 1. The predicted octanol–water partition coefficient (Wildman–Crippen LogP) is 3.97. The SMILES string of the molecule is CSc1ccc(CN(C)CC(=O)Nc2ccc3c(c2)CCC3)cc1. The van der Waals surface area contributed by atoms with E-state index in [4.69, 9.17) is 0 Å². The maximum Gasteiger partial charge on any atom is 0.238 e. The van der Waals surface area contributed by atoms with Crippen LogP contribution in [0.3, 0.4) is 0 Å². The first-order chi connectivity index (χ1) is 11.6. The molecule has 1 aliphatic rings. The van der Waals surface area contributed by atoms with Crippen molar-refractivity contribution in [3.63, 3.8) is 0 Å². The Morgan fingerprint density at radius 3 is 2.62 bits per heavy atom. The van der Waals surface area contributed by atoms with Gasteiger partial charge in [-0.2, -0.15) is 0 Å². The molecule has 126 valence electrons. The van der Waals surface area contributed by atoms with Crippen molar-refractivity contribution >= 4 is 23.4 Å². The third-order valence-corrected chi connectivity index (χ3v) is 5.15. The van der Waals surface area contributed by atoms with Gasteiger partial charge in [0.25, 0.3) is 0 Å². The van der Waals surface area contributed by atoms with E-state index >= 15 is 0 Å². The van der Waals surface area contributed by atoms with Gasteiger partial charge < -0.3 is 5.32 Å². The van der Waals surface area contributed by atoms with Crippen LogP contribution in [0.2, 0.25) is 0 Å². The van der Waals surface area contributed by atoms with E-state index in [9.17, 15) is 4.79 Å². The van der Waals surface area contributed by atoms with Crippen molar-refractivity contribution in [1.82, 2.24) is 4.90 Å². The fourth-order valence-corrected chi connectivity index (χ4v) is 3.60. The molecule has 2 aromatic carbocycles. The highest BCUT2D eigenvalue weighted by Crippen LogP contribution is 2.24. The topological polar surface area (TPSA) is 32.3 Å². The number of carbonyl (C=O) groups excluding carboxylic acids is 1. The van der Waals surface area contributed by atoms with Gasteiger partial charge >= 0.3 is 0 Å². The molecule has 1 aliphatic carbocycles. The van der Waals surface area contributed by atoms with Crippen LogP contribution >= 0.6 is 11.8 Å². The second-order valence-corrected chi connectivity index (χ2v) is 7.29. The number of likely N-dealkylation sites (N-methyl/N-ethyl adjacent to an activating group) is 1. The first-order valence-electron chi connectivity index (χ1n) is 8.37. The summed E-state index contributed by atoms with van der Waals surface area (Å²) in [6.45, 7) is 1.16. The number of hydrogen-bond acceptors (Lipinski definition) is 3. The van der Waals surface area contributed by atoms with Gasteiger partial charge in [0.15, 0.2) is 0 Å². The molecule has 0 heterocycles. The Labute approximate surface area is 148 Å².